The lowest BCUT2D eigenvalue weighted by Gasteiger charge is -2.28. The Morgan fingerprint density at radius 2 is 2.29 bits per heavy atom. The van der Waals surface area contributed by atoms with E-state index in [1.165, 1.54) is 5.56 Å². The minimum atomic E-state index is -0.900. The van der Waals surface area contributed by atoms with Crippen LogP contribution in [0.2, 0.25) is 0 Å². The molecule has 0 fully saturated rings. The van der Waals surface area contributed by atoms with Gasteiger partial charge in [-0.3, -0.25) is 0 Å². The molecule has 1 aromatic rings. The Bertz CT molecular complexity index is 338. The minimum Gasteiger partial charge on any atom is -0.383 e. The van der Waals surface area contributed by atoms with E-state index < -0.39 is 6.10 Å². The molecule has 1 aliphatic heterocycles. The quantitative estimate of drug-likeness (QED) is 0.685. The summed E-state index contributed by atoms with van der Waals surface area (Å²) >= 11 is 0. The van der Waals surface area contributed by atoms with E-state index in [-0.39, 0.29) is 6.04 Å². The van der Waals surface area contributed by atoms with E-state index in [1.807, 2.05) is 18.2 Å². The molecular weight excluding hydrogens is 178 g/mol. The molecule has 1 aromatic carbocycles. The van der Waals surface area contributed by atoms with Gasteiger partial charge in [-0.25, -0.2) is 0 Å². The van der Waals surface area contributed by atoms with Crippen LogP contribution in [0, 0.1) is 0 Å². The zero-order valence-electron chi connectivity index (χ0n) is 7.81. The molecule has 14 heavy (non-hydrogen) atoms. The SMILES string of the molecule is O=CC(O)C1CCc2ccccc2N1. The summed E-state index contributed by atoms with van der Waals surface area (Å²) in [5.74, 6) is 0. The molecule has 3 nitrogen and oxygen atoms in total. The van der Waals surface area contributed by atoms with Gasteiger partial charge in [0.2, 0.25) is 0 Å². The van der Waals surface area contributed by atoms with Crippen molar-refractivity contribution >= 4 is 12.0 Å². The number of carbonyl (C=O) groups is 1. The van der Waals surface area contributed by atoms with Crippen LogP contribution >= 0.6 is 0 Å². The summed E-state index contributed by atoms with van der Waals surface area (Å²) in [6, 6.07) is 7.84. The summed E-state index contributed by atoms with van der Waals surface area (Å²) in [6.07, 6.45) is 1.41. The number of aliphatic hydroxyl groups excluding tert-OH is 1. The van der Waals surface area contributed by atoms with Gasteiger partial charge in [-0.2, -0.15) is 0 Å². The maximum absolute atomic E-state index is 10.4. The van der Waals surface area contributed by atoms with E-state index in [4.69, 9.17) is 0 Å². The molecule has 1 heterocycles. The first-order valence-corrected chi connectivity index (χ1v) is 4.79. The Morgan fingerprint density at radius 1 is 1.50 bits per heavy atom. The number of aryl methyl sites for hydroxylation is 1. The highest BCUT2D eigenvalue weighted by molar-refractivity contribution is 5.61. The van der Waals surface area contributed by atoms with Crippen LogP contribution in [0.15, 0.2) is 24.3 Å². The van der Waals surface area contributed by atoms with Crippen molar-refractivity contribution in [2.45, 2.75) is 25.0 Å². The van der Waals surface area contributed by atoms with Gasteiger partial charge in [0.25, 0.3) is 0 Å². The van der Waals surface area contributed by atoms with Crippen molar-refractivity contribution in [3.63, 3.8) is 0 Å². The summed E-state index contributed by atoms with van der Waals surface area (Å²) < 4.78 is 0. The molecule has 2 N–H and O–H groups in total. The topological polar surface area (TPSA) is 49.3 Å². The molecule has 2 unspecified atom stereocenters. The highest BCUT2D eigenvalue weighted by Crippen LogP contribution is 2.25. The highest BCUT2D eigenvalue weighted by atomic mass is 16.3. The van der Waals surface area contributed by atoms with E-state index in [0.29, 0.717) is 6.29 Å². The zero-order valence-corrected chi connectivity index (χ0v) is 7.81. The monoisotopic (exact) mass is 191 g/mol. The van der Waals surface area contributed by atoms with Crippen molar-refractivity contribution in [2.75, 3.05) is 5.32 Å². The van der Waals surface area contributed by atoms with Gasteiger partial charge in [0.1, 0.15) is 6.10 Å². The van der Waals surface area contributed by atoms with Gasteiger partial charge in [-0.15, -0.1) is 0 Å². The van der Waals surface area contributed by atoms with Crippen LogP contribution in [0.4, 0.5) is 5.69 Å². The highest BCUT2D eigenvalue weighted by Gasteiger charge is 2.23. The van der Waals surface area contributed by atoms with E-state index in [2.05, 4.69) is 11.4 Å². The molecule has 0 spiro atoms. The van der Waals surface area contributed by atoms with Crippen molar-refractivity contribution in [3.05, 3.63) is 29.8 Å². The maximum Gasteiger partial charge on any atom is 0.150 e. The molecule has 0 aromatic heterocycles. The second-order valence-electron chi connectivity index (χ2n) is 3.57. The van der Waals surface area contributed by atoms with E-state index in [1.54, 1.807) is 0 Å². The molecule has 3 heteroatoms. The third kappa shape index (κ3) is 1.63. The number of hydrogen-bond acceptors (Lipinski definition) is 3. The van der Waals surface area contributed by atoms with Gasteiger partial charge in [-0.05, 0) is 24.5 Å². The van der Waals surface area contributed by atoms with Gasteiger partial charge >= 0.3 is 0 Å². The molecule has 0 saturated heterocycles. The third-order valence-corrected chi connectivity index (χ3v) is 2.63. The Hall–Kier alpha value is -1.35. The summed E-state index contributed by atoms with van der Waals surface area (Å²) in [7, 11) is 0. The summed E-state index contributed by atoms with van der Waals surface area (Å²) in [4.78, 5) is 10.4. The lowest BCUT2D eigenvalue weighted by molar-refractivity contribution is -0.115. The number of aldehydes is 1. The molecule has 2 rings (SSSR count). The number of fused-ring (bicyclic) bond motifs is 1. The fourth-order valence-corrected chi connectivity index (χ4v) is 1.81. The van der Waals surface area contributed by atoms with E-state index in [0.717, 1.165) is 18.5 Å². The molecule has 2 atom stereocenters. The summed E-state index contributed by atoms with van der Waals surface area (Å²) in [6.45, 7) is 0. The van der Waals surface area contributed by atoms with Crippen LogP contribution in [0.25, 0.3) is 0 Å². The number of anilines is 1. The number of para-hydroxylation sites is 1. The fraction of sp³-hybridized carbons (Fsp3) is 0.364. The van der Waals surface area contributed by atoms with Gasteiger partial charge in [0.15, 0.2) is 6.29 Å². The predicted octanol–water partition coefficient (Wildman–Crippen LogP) is 0.973. The van der Waals surface area contributed by atoms with Crippen LogP contribution in [0.5, 0.6) is 0 Å². The standard InChI is InChI=1S/C11H13NO2/c13-7-11(14)10-6-5-8-3-1-2-4-9(8)12-10/h1-4,7,10-12,14H,5-6H2. The van der Waals surface area contributed by atoms with Crippen molar-refractivity contribution in [1.29, 1.82) is 0 Å². The van der Waals surface area contributed by atoms with Gasteiger partial charge in [0, 0.05) is 5.69 Å². The van der Waals surface area contributed by atoms with Crippen molar-refractivity contribution < 1.29 is 9.90 Å². The number of carbonyl (C=O) groups excluding carboxylic acids is 1. The molecular formula is C11H13NO2. The lowest BCUT2D eigenvalue weighted by atomic mass is 9.95. The Morgan fingerprint density at radius 3 is 3.07 bits per heavy atom. The van der Waals surface area contributed by atoms with Gasteiger partial charge in [-0.1, -0.05) is 18.2 Å². The fourth-order valence-electron chi connectivity index (χ4n) is 1.81. The molecule has 0 aliphatic carbocycles. The first-order chi connectivity index (χ1) is 6.81. The number of rotatable bonds is 2. The lowest BCUT2D eigenvalue weighted by Crippen LogP contribution is -2.37. The van der Waals surface area contributed by atoms with Crippen LogP contribution in [0.3, 0.4) is 0 Å². The molecule has 0 bridgehead atoms. The van der Waals surface area contributed by atoms with Gasteiger partial charge < -0.3 is 15.2 Å². The van der Waals surface area contributed by atoms with Crippen LogP contribution in [0.1, 0.15) is 12.0 Å². The third-order valence-electron chi connectivity index (χ3n) is 2.63. The van der Waals surface area contributed by atoms with Crippen LogP contribution in [-0.2, 0) is 11.2 Å². The Balaban J connectivity index is 2.17. The second kappa shape index (κ2) is 3.80. The summed E-state index contributed by atoms with van der Waals surface area (Å²) in [5, 5.41) is 12.5. The second-order valence-corrected chi connectivity index (χ2v) is 3.57. The Labute approximate surface area is 82.8 Å². The van der Waals surface area contributed by atoms with Crippen molar-refractivity contribution in [1.82, 2.24) is 0 Å². The first-order valence-electron chi connectivity index (χ1n) is 4.79. The zero-order chi connectivity index (χ0) is 9.97. The average Bonchev–Trinajstić information content (AvgIpc) is 2.27. The molecule has 0 radical (unpaired) electrons. The Kier molecular flexibility index (Phi) is 2.50. The largest absolute Gasteiger partial charge is 0.383 e. The maximum atomic E-state index is 10.4. The number of nitrogens with one attached hydrogen (secondary N) is 1. The average molecular weight is 191 g/mol. The number of hydrogen-bond donors (Lipinski definition) is 2. The molecule has 1 aliphatic rings. The van der Waals surface area contributed by atoms with Gasteiger partial charge in [0.05, 0.1) is 6.04 Å². The summed E-state index contributed by atoms with van der Waals surface area (Å²) in [5.41, 5.74) is 2.28. The molecule has 74 valence electrons. The van der Waals surface area contributed by atoms with E-state index in [9.17, 15) is 9.90 Å². The van der Waals surface area contributed by atoms with Crippen molar-refractivity contribution in [2.24, 2.45) is 0 Å². The smallest absolute Gasteiger partial charge is 0.150 e. The van der Waals surface area contributed by atoms with E-state index >= 15 is 0 Å². The van der Waals surface area contributed by atoms with Crippen LogP contribution in [-0.4, -0.2) is 23.5 Å². The van der Waals surface area contributed by atoms with Crippen LogP contribution < -0.4 is 5.32 Å². The minimum absolute atomic E-state index is 0.137. The molecule has 0 amide bonds. The molecule has 0 saturated carbocycles. The van der Waals surface area contributed by atoms with Crippen molar-refractivity contribution in [3.8, 4) is 0 Å². The predicted molar refractivity (Wildman–Crippen MR) is 54.2 cm³/mol. The first kappa shape index (κ1) is 9.21. The number of benzene rings is 1. The number of aliphatic hydroxyl groups is 1. The normalized spacial score (nSPS) is 21.9.